The minimum atomic E-state index is -0.377. The monoisotopic (exact) mass is 373 g/mol. The number of aromatic nitrogens is 4. The second kappa shape index (κ2) is 6.20. The van der Waals surface area contributed by atoms with Gasteiger partial charge in [0.2, 0.25) is 0 Å². The van der Waals surface area contributed by atoms with Gasteiger partial charge >= 0.3 is 0 Å². The Balaban J connectivity index is 1.50. The lowest BCUT2D eigenvalue weighted by Gasteiger charge is -2.16. The molecule has 28 heavy (non-hydrogen) atoms. The summed E-state index contributed by atoms with van der Waals surface area (Å²) in [6.45, 7) is 0. The first kappa shape index (κ1) is 16.5. The van der Waals surface area contributed by atoms with Crippen LogP contribution in [0, 0.1) is 17.1 Å². The van der Waals surface area contributed by atoms with Crippen LogP contribution in [0.3, 0.4) is 0 Å². The predicted molar refractivity (Wildman–Crippen MR) is 101 cm³/mol. The Morgan fingerprint density at radius 3 is 2.89 bits per heavy atom. The number of aryl methyl sites for hydroxylation is 2. The quantitative estimate of drug-likeness (QED) is 0.547. The third kappa shape index (κ3) is 2.62. The summed E-state index contributed by atoms with van der Waals surface area (Å²) in [6.07, 6.45) is 6.43. The Hall–Kier alpha value is -3.66. The lowest BCUT2D eigenvalue weighted by molar-refractivity contribution is 0.203. The predicted octanol–water partition coefficient (Wildman–Crippen LogP) is 3.84. The van der Waals surface area contributed by atoms with Gasteiger partial charge in [-0.15, -0.1) is 0 Å². The summed E-state index contributed by atoms with van der Waals surface area (Å²) >= 11 is 0. The van der Waals surface area contributed by atoms with Gasteiger partial charge in [-0.05, 0) is 42.7 Å². The molecule has 1 aliphatic rings. The lowest BCUT2D eigenvalue weighted by Crippen LogP contribution is -2.06. The molecule has 4 aromatic rings. The Morgan fingerprint density at radius 2 is 2.11 bits per heavy atom. The zero-order valence-electron chi connectivity index (χ0n) is 15.1. The highest BCUT2D eigenvalue weighted by Gasteiger charge is 2.28. The van der Waals surface area contributed by atoms with E-state index < -0.39 is 0 Å². The first-order valence-electron chi connectivity index (χ1n) is 8.98. The molecular formula is C21H16FN5O. The van der Waals surface area contributed by atoms with E-state index in [2.05, 4.69) is 10.2 Å². The minimum absolute atomic E-state index is 0.346. The number of ether oxygens (including phenoxy) is 1. The molecule has 6 nitrogen and oxygen atoms in total. The topological polar surface area (TPSA) is 68.7 Å². The highest BCUT2D eigenvalue weighted by atomic mass is 19.1. The van der Waals surface area contributed by atoms with Crippen molar-refractivity contribution in [3.63, 3.8) is 0 Å². The zero-order chi connectivity index (χ0) is 19.3. The second-order valence-corrected chi connectivity index (χ2v) is 6.94. The molecule has 0 spiro atoms. The second-order valence-electron chi connectivity index (χ2n) is 6.94. The van der Waals surface area contributed by atoms with E-state index in [-0.39, 0.29) is 11.9 Å². The van der Waals surface area contributed by atoms with E-state index in [0.29, 0.717) is 29.7 Å². The van der Waals surface area contributed by atoms with Gasteiger partial charge in [-0.2, -0.15) is 15.5 Å². The molecule has 0 saturated heterocycles. The molecule has 138 valence electrons. The molecule has 0 amide bonds. The maximum atomic E-state index is 14.5. The standard InChI is InChI=1S/C21H16FN5O/c1-26-12-16(11-24-26)27-19-8-17(4-2-15(19)10-25-27)28-20-5-3-14-6-13(9-23)7-18(22)21(14)20/h2,4,6-8,10-12,20H,3,5H2,1H3. The molecule has 0 radical (unpaired) electrons. The summed E-state index contributed by atoms with van der Waals surface area (Å²) in [5.41, 5.74) is 3.50. The summed E-state index contributed by atoms with van der Waals surface area (Å²) in [5.74, 6) is 0.276. The number of nitriles is 1. The highest BCUT2D eigenvalue weighted by molar-refractivity contribution is 5.81. The van der Waals surface area contributed by atoms with E-state index in [0.717, 1.165) is 22.2 Å². The van der Waals surface area contributed by atoms with Crippen molar-refractivity contribution in [1.29, 1.82) is 5.26 Å². The summed E-state index contributed by atoms with van der Waals surface area (Å²) in [7, 11) is 1.85. The van der Waals surface area contributed by atoms with Gasteiger partial charge in [0.25, 0.3) is 0 Å². The summed E-state index contributed by atoms with van der Waals surface area (Å²) in [4.78, 5) is 0. The van der Waals surface area contributed by atoms with E-state index in [9.17, 15) is 4.39 Å². The van der Waals surface area contributed by atoms with Crippen LogP contribution in [0.1, 0.15) is 29.2 Å². The number of benzene rings is 2. The van der Waals surface area contributed by atoms with Crippen LogP contribution in [0.25, 0.3) is 16.6 Å². The van der Waals surface area contributed by atoms with Gasteiger partial charge < -0.3 is 4.74 Å². The fraction of sp³-hybridized carbons (Fsp3) is 0.190. The molecule has 1 atom stereocenters. The van der Waals surface area contributed by atoms with E-state index in [4.69, 9.17) is 10.00 Å². The number of nitrogens with zero attached hydrogens (tertiary/aromatic N) is 5. The van der Waals surface area contributed by atoms with Crippen LogP contribution in [0.5, 0.6) is 5.75 Å². The Kier molecular flexibility index (Phi) is 3.66. The van der Waals surface area contributed by atoms with Gasteiger partial charge in [0.05, 0.1) is 35.7 Å². The normalized spacial score (nSPS) is 15.5. The Bertz CT molecular complexity index is 1250. The van der Waals surface area contributed by atoms with Crippen molar-refractivity contribution in [3.05, 3.63) is 71.4 Å². The molecule has 2 aromatic heterocycles. The zero-order valence-corrected chi connectivity index (χ0v) is 15.1. The van der Waals surface area contributed by atoms with Crippen LogP contribution in [-0.2, 0) is 13.5 Å². The number of fused-ring (bicyclic) bond motifs is 2. The maximum Gasteiger partial charge on any atom is 0.131 e. The van der Waals surface area contributed by atoms with Gasteiger partial charge in [0, 0.05) is 24.1 Å². The number of halogens is 1. The van der Waals surface area contributed by atoms with Crippen molar-refractivity contribution < 1.29 is 9.13 Å². The molecule has 1 unspecified atom stereocenters. The van der Waals surface area contributed by atoms with Gasteiger partial charge in [-0.1, -0.05) is 0 Å². The van der Waals surface area contributed by atoms with Crippen molar-refractivity contribution in [3.8, 4) is 17.5 Å². The summed E-state index contributed by atoms with van der Waals surface area (Å²) in [6, 6.07) is 10.8. The first-order chi connectivity index (χ1) is 13.6. The molecule has 2 aromatic carbocycles. The maximum absolute atomic E-state index is 14.5. The summed E-state index contributed by atoms with van der Waals surface area (Å²) < 4.78 is 24.2. The third-order valence-corrected chi connectivity index (χ3v) is 5.10. The Labute approximate surface area is 160 Å². The number of hydrogen-bond acceptors (Lipinski definition) is 4. The van der Waals surface area contributed by atoms with E-state index in [1.165, 1.54) is 6.07 Å². The third-order valence-electron chi connectivity index (χ3n) is 5.10. The average Bonchev–Trinajstić information content (AvgIpc) is 3.40. The van der Waals surface area contributed by atoms with Gasteiger partial charge in [0.15, 0.2) is 0 Å². The van der Waals surface area contributed by atoms with Crippen LogP contribution in [-0.4, -0.2) is 19.6 Å². The molecule has 1 aliphatic carbocycles. The molecule has 0 N–H and O–H groups in total. The Morgan fingerprint density at radius 1 is 1.21 bits per heavy atom. The molecule has 7 heteroatoms. The smallest absolute Gasteiger partial charge is 0.131 e. The SMILES string of the molecule is Cn1cc(-n2ncc3ccc(OC4CCc5cc(C#N)cc(F)c54)cc32)cn1. The first-order valence-corrected chi connectivity index (χ1v) is 8.98. The van der Waals surface area contributed by atoms with Gasteiger partial charge in [-0.3, -0.25) is 4.68 Å². The van der Waals surface area contributed by atoms with Crippen molar-refractivity contribution >= 4 is 10.9 Å². The van der Waals surface area contributed by atoms with Crippen LogP contribution in [0.15, 0.2) is 48.9 Å². The molecule has 2 heterocycles. The fourth-order valence-electron chi connectivity index (χ4n) is 3.81. The van der Waals surface area contributed by atoms with Crippen LogP contribution in [0.4, 0.5) is 4.39 Å². The van der Waals surface area contributed by atoms with Crippen LogP contribution >= 0.6 is 0 Å². The van der Waals surface area contributed by atoms with Gasteiger partial charge in [0.1, 0.15) is 23.4 Å². The molecule has 5 rings (SSSR count). The largest absolute Gasteiger partial charge is 0.486 e. The molecule has 0 fully saturated rings. The van der Waals surface area contributed by atoms with E-state index in [1.807, 2.05) is 37.5 Å². The van der Waals surface area contributed by atoms with E-state index >= 15 is 0 Å². The molecular weight excluding hydrogens is 357 g/mol. The lowest BCUT2D eigenvalue weighted by atomic mass is 10.1. The summed E-state index contributed by atoms with van der Waals surface area (Å²) in [5, 5.41) is 18.6. The van der Waals surface area contributed by atoms with Crippen molar-refractivity contribution in [2.75, 3.05) is 0 Å². The van der Waals surface area contributed by atoms with Gasteiger partial charge in [-0.25, -0.2) is 9.07 Å². The average molecular weight is 373 g/mol. The highest BCUT2D eigenvalue weighted by Crippen LogP contribution is 2.38. The van der Waals surface area contributed by atoms with Crippen LogP contribution < -0.4 is 4.74 Å². The molecule has 0 bridgehead atoms. The minimum Gasteiger partial charge on any atom is -0.486 e. The fourth-order valence-corrected chi connectivity index (χ4v) is 3.81. The van der Waals surface area contributed by atoms with Crippen molar-refractivity contribution in [1.82, 2.24) is 19.6 Å². The molecule has 0 aliphatic heterocycles. The molecule has 0 saturated carbocycles. The van der Waals surface area contributed by atoms with E-state index in [1.54, 1.807) is 27.8 Å². The number of rotatable bonds is 3. The van der Waals surface area contributed by atoms with Crippen LogP contribution in [0.2, 0.25) is 0 Å². The number of hydrogen-bond donors (Lipinski definition) is 0. The van der Waals surface area contributed by atoms with Crippen molar-refractivity contribution in [2.24, 2.45) is 7.05 Å². The van der Waals surface area contributed by atoms with Crippen molar-refractivity contribution in [2.45, 2.75) is 18.9 Å².